The molecule has 0 spiro atoms. The van der Waals surface area contributed by atoms with Crippen LogP contribution in [0.25, 0.3) is 0 Å². The smallest absolute Gasteiger partial charge is 0.338 e. The largest absolute Gasteiger partial charge is 0.462 e. The minimum Gasteiger partial charge on any atom is -0.462 e. The van der Waals surface area contributed by atoms with Crippen LogP contribution in [-0.4, -0.2) is 33.5 Å². The molecule has 2 aromatic rings. The summed E-state index contributed by atoms with van der Waals surface area (Å²) in [5.41, 5.74) is 1.74. The van der Waals surface area contributed by atoms with Gasteiger partial charge in [0.25, 0.3) is 0 Å². The molecule has 2 rings (SSSR count). The molecule has 0 aliphatic rings. The molecule has 0 fully saturated rings. The Bertz CT molecular complexity index is 666. The summed E-state index contributed by atoms with van der Waals surface area (Å²) in [6.45, 7) is 4.19. The summed E-state index contributed by atoms with van der Waals surface area (Å²) in [6, 6.07) is 6.64. The topological polar surface area (TPSA) is 86.1 Å². The summed E-state index contributed by atoms with van der Waals surface area (Å²) in [6.07, 6.45) is 2.34. The third kappa shape index (κ3) is 4.15. The average molecular weight is 302 g/mol. The van der Waals surface area contributed by atoms with E-state index in [1.807, 2.05) is 13.8 Å². The summed E-state index contributed by atoms with van der Waals surface area (Å²) in [7, 11) is 0. The maximum atomic E-state index is 12.0. The second-order valence-electron chi connectivity index (χ2n) is 4.80. The molecule has 0 radical (unpaired) electrons. The molecule has 7 nitrogen and oxygen atoms in total. The van der Waals surface area contributed by atoms with Crippen molar-refractivity contribution in [3.8, 4) is 0 Å². The SMILES string of the molecule is CCCOC(=O)c1cccc(NC(=O)Cn2nncc2C)c1. The number of esters is 1. The van der Waals surface area contributed by atoms with Crippen LogP contribution in [0.4, 0.5) is 5.69 Å². The van der Waals surface area contributed by atoms with Crippen LogP contribution in [0.5, 0.6) is 0 Å². The summed E-state index contributed by atoms with van der Waals surface area (Å²) in [4.78, 5) is 23.8. The van der Waals surface area contributed by atoms with Gasteiger partial charge in [0.15, 0.2) is 0 Å². The van der Waals surface area contributed by atoms with Gasteiger partial charge in [0.1, 0.15) is 6.54 Å². The van der Waals surface area contributed by atoms with Gasteiger partial charge >= 0.3 is 5.97 Å². The molecule has 1 amide bonds. The standard InChI is InChI=1S/C15H18N4O3/c1-3-7-22-15(21)12-5-4-6-13(8-12)17-14(20)10-19-11(2)9-16-18-19/h4-6,8-9H,3,7,10H2,1-2H3,(H,17,20). The molecule has 0 bridgehead atoms. The molecule has 0 atom stereocenters. The van der Waals surface area contributed by atoms with E-state index in [0.29, 0.717) is 17.9 Å². The van der Waals surface area contributed by atoms with Crippen molar-refractivity contribution in [3.05, 3.63) is 41.7 Å². The fourth-order valence-electron chi connectivity index (χ4n) is 1.80. The van der Waals surface area contributed by atoms with Crippen molar-refractivity contribution in [2.45, 2.75) is 26.8 Å². The number of carbonyl (C=O) groups is 2. The summed E-state index contributed by atoms with van der Waals surface area (Å²) < 4.78 is 6.56. The van der Waals surface area contributed by atoms with Gasteiger partial charge in [-0.2, -0.15) is 0 Å². The van der Waals surface area contributed by atoms with Gasteiger partial charge in [0.2, 0.25) is 5.91 Å². The quantitative estimate of drug-likeness (QED) is 0.822. The van der Waals surface area contributed by atoms with Crippen LogP contribution in [0.3, 0.4) is 0 Å². The lowest BCUT2D eigenvalue weighted by molar-refractivity contribution is -0.117. The number of anilines is 1. The van der Waals surface area contributed by atoms with Crippen LogP contribution in [0, 0.1) is 6.92 Å². The van der Waals surface area contributed by atoms with E-state index < -0.39 is 5.97 Å². The molecule has 1 aromatic heterocycles. The highest BCUT2D eigenvalue weighted by Crippen LogP contribution is 2.12. The molecule has 0 saturated heterocycles. The number of amides is 1. The van der Waals surface area contributed by atoms with Gasteiger partial charge in [-0.05, 0) is 31.5 Å². The van der Waals surface area contributed by atoms with Gasteiger partial charge in [-0.15, -0.1) is 5.10 Å². The zero-order valence-corrected chi connectivity index (χ0v) is 12.6. The van der Waals surface area contributed by atoms with Crippen molar-refractivity contribution in [1.82, 2.24) is 15.0 Å². The van der Waals surface area contributed by atoms with Gasteiger partial charge in [-0.25, -0.2) is 9.48 Å². The molecule has 0 saturated carbocycles. The number of ether oxygens (including phenoxy) is 1. The molecule has 0 aliphatic carbocycles. The molecule has 7 heteroatoms. The highest BCUT2D eigenvalue weighted by molar-refractivity contribution is 5.94. The van der Waals surface area contributed by atoms with Crippen molar-refractivity contribution in [2.75, 3.05) is 11.9 Å². The predicted molar refractivity (Wildman–Crippen MR) is 80.4 cm³/mol. The number of nitrogens with zero attached hydrogens (tertiary/aromatic N) is 3. The first kappa shape index (κ1) is 15.7. The van der Waals surface area contributed by atoms with E-state index >= 15 is 0 Å². The van der Waals surface area contributed by atoms with Crippen molar-refractivity contribution in [1.29, 1.82) is 0 Å². The Hall–Kier alpha value is -2.70. The third-order valence-electron chi connectivity index (χ3n) is 2.92. The number of hydrogen-bond donors (Lipinski definition) is 1. The number of rotatable bonds is 6. The Morgan fingerprint density at radius 2 is 2.18 bits per heavy atom. The average Bonchev–Trinajstić information content (AvgIpc) is 2.90. The molecule has 1 aromatic carbocycles. The second-order valence-corrected chi connectivity index (χ2v) is 4.80. The van der Waals surface area contributed by atoms with E-state index in [9.17, 15) is 9.59 Å². The van der Waals surface area contributed by atoms with E-state index in [4.69, 9.17) is 4.74 Å². The Morgan fingerprint density at radius 1 is 1.36 bits per heavy atom. The summed E-state index contributed by atoms with van der Waals surface area (Å²) >= 11 is 0. The van der Waals surface area contributed by atoms with Crippen molar-refractivity contribution >= 4 is 17.6 Å². The van der Waals surface area contributed by atoms with Gasteiger partial charge in [-0.1, -0.05) is 18.2 Å². The first-order chi connectivity index (χ1) is 10.6. The summed E-state index contributed by atoms with van der Waals surface area (Å²) in [5, 5.41) is 10.3. The van der Waals surface area contributed by atoms with Crippen LogP contribution in [-0.2, 0) is 16.1 Å². The number of hydrogen-bond acceptors (Lipinski definition) is 5. The monoisotopic (exact) mass is 302 g/mol. The van der Waals surface area contributed by atoms with Gasteiger partial charge in [0, 0.05) is 5.69 Å². The molecule has 0 unspecified atom stereocenters. The fraction of sp³-hybridized carbons (Fsp3) is 0.333. The molecule has 1 heterocycles. The van der Waals surface area contributed by atoms with Gasteiger partial charge < -0.3 is 10.1 Å². The first-order valence-corrected chi connectivity index (χ1v) is 7.02. The zero-order valence-electron chi connectivity index (χ0n) is 12.6. The maximum Gasteiger partial charge on any atom is 0.338 e. The minimum atomic E-state index is -0.398. The normalized spacial score (nSPS) is 10.3. The molecule has 22 heavy (non-hydrogen) atoms. The second kappa shape index (κ2) is 7.35. The zero-order chi connectivity index (χ0) is 15.9. The van der Waals surface area contributed by atoms with E-state index in [0.717, 1.165) is 12.1 Å². The highest BCUT2D eigenvalue weighted by atomic mass is 16.5. The van der Waals surface area contributed by atoms with E-state index in [1.165, 1.54) is 4.68 Å². The molecule has 1 N–H and O–H groups in total. The molecular weight excluding hydrogens is 284 g/mol. The van der Waals surface area contributed by atoms with Gasteiger partial charge in [-0.3, -0.25) is 4.79 Å². The Labute approximate surface area is 128 Å². The lowest BCUT2D eigenvalue weighted by atomic mass is 10.2. The Morgan fingerprint density at radius 3 is 2.86 bits per heavy atom. The molecule has 116 valence electrons. The van der Waals surface area contributed by atoms with Gasteiger partial charge in [0.05, 0.1) is 24.1 Å². The number of carbonyl (C=O) groups excluding carboxylic acids is 2. The van der Waals surface area contributed by atoms with E-state index in [-0.39, 0.29) is 12.5 Å². The highest BCUT2D eigenvalue weighted by Gasteiger charge is 2.10. The van der Waals surface area contributed by atoms with E-state index in [1.54, 1.807) is 30.5 Å². The Balaban J connectivity index is 1.99. The lowest BCUT2D eigenvalue weighted by Crippen LogP contribution is -2.20. The number of nitrogens with one attached hydrogen (secondary N) is 1. The number of aromatic nitrogens is 3. The summed E-state index contributed by atoms with van der Waals surface area (Å²) in [5.74, 6) is -0.641. The van der Waals surface area contributed by atoms with Crippen LogP contribution < -0.4 is 5.32 Å². The van der Waals surface area contributed by atoms with Crippen molar-refractivity contribution < 1.29 is 14.3 Å². The van der Waals surface area contributed by atoms with Crippen LogP contribution >= 0.6 is 0 Å². The lowest BCUT2D eigenvalue weighted by Gasteiger charge is -2.08. The maximum absolute atomic E-state index is 12.0. The molecule has 0 aliphatic heterocycles. The number of benzene rings is 1. The van der Waals surface area contributed by atoms with Crippen LogP contribution in [0.2, 0.25) is 0 Å². The van der Waals surface area contributed by atoms with Crippen LogP contribution in [0.1, 0.15) is 29.4 Å². The van der Waals surface area contributed by atoms with Crippen molar-refractivity contribution in [3.63, 3.8) is 0 Å². The number of aryl methyl sites for hydroxylation is 1. The first-order valence-electron chi connectivity index (χ1n) is 7.02. The van der Waals surface area contributed by atoms with Crippen LogP contribution in [0.15, 0.2) is 30.5 Å². The third-order valence-corrected chi connectivity index (χ3v) is 2.92. The fourth-order valence-corrected chi connectivity index (χ4v) is 1.80. The Kier molecular flexibility index (Phi) is 5.24. The minimum absolute atomic E-state index is 0.0658. The van der Waals surface area contributed by atoms with Crippen molar-refractivity contribution in [2.24, 2.45) is 0 Å². The predicted octanol–water partition coefficient (Wildman–Crippen LogP) is 1.79. The van der Waals surface area contributed by atoms with E-state index in [2.05, 4.69) is 15.6 Å². The molecular formula is C15H18N4O3.